The third kappa shape index (κ3) is 1.66. The van der Waals surface area contributed by atoms with Gasteiger partial charge in [0.05, 0.1) is 6.20 Å². The van der Waals surface area contributed by atoms with Crippen molar-refractivity contribution in [1.29, 1.82) is 0 Å². The molecule has 0 radical (unpaired) electrons. The van der Waals surface area contributed by atoms with Crippen molar-refractivity contribution >= 4 is 0 Å². The molecular formula is C9H6FN3. The molecule has 0 fully saturated rings. The van der Waals surface area contributed by atoms with E-state index in [1.54, 1.807) is 0 Å². The molecule has 4 heteroatoms. The lowest BCUT2D eigenvalue weighted by Crippen LogP contribution is -1.93. The summed E-state index contributed by atoms with van der Waals surface area (Å²) in [6, 6.07) is 9.38. The fourth-order valence-electron chi connectivity index (χ4n) is 1.00. The first-order valence-electron chi connectivity index (χ1n) is 3.77. The Morgan fingerprint density at radius 1 is 1.00 bits per heavy atom. The zero-order valence-electron chi connectivity index (χ0n) is 6.68. The predicted molar refractivity (Wildman–Crippen MR) is 45.2 cm³/mol. The largest absolute Gasteiger partial charge is 0.327 e. The van der Waals surface area contributed by atoms with Crippen LogP contribution < -0.4 is 0 Å². The summed E-state index contributed by atoms with van der Waals surface area (Å²) in [5.74, 6) is 0. The van der Waals surface area contributed by atoms with Gasteiger partial charge in [-0.1, -0.05) is 35.4 Å². The minimum atomic E-state index is -0.806. The topological polar surface area (TPSA) is 38.7 Å². The number of rotatable bonds is 1. The van der Waals surface area contributed by atoms with Crippen LogP contribution in [0.1, 0.15) is 0 Å². The number of nitrogens with zero attached hydrogens (tertiary/aromatic N) is 3. The van der Waals surface area contributed by atoms with E-state index in [9.17, 15) is 4.39 Å². The summed E-state index contributed by atoms with van der Waals surface area (Å²) in [4.78, 5) is 3.42. The molecule has 0 saturated heterocycles. The van der Waals surface area contributed by atoms with Crippen molar-refractivity contribution in [3.05, 3.63) is 42.6 Å². The van der Waals surface area contributed by atoms with Gasteiger partial charge in [-0.3, -0.25) is 0 Å². The zero-order chi connectivity index (χ0) is 9.10. The van der Waals surface area contributed by atoms with E-state index in [4.69, 9.17) is 0 Å². The molecule has 0 amide bonds. The number of benzene rings is 1. The van der Waals surface area contributed by atoms with Gasteiger partial charge in [-0.15, -0.1) is 5.10 Å². The number of hydrogen-bond acceptors (Lipinski definition) is 3. The molecule has 0 saturated carbocycles. The second kappa shape index (κ2) is 3.26. The highest BCUT2D eigenvalue weighted by atomic mass is 19.1. The molecule has 2 aromatic rings. The molecule has 0 unspecified atom stereocenters. The van der Waals surface area contributed by atoms with E-state index in [1.165, 1.54) is 6.20 Å². The second-order valence-corrected chi connectivity index (χ2v) is 2.48. The van der Waals surface area contributed by atoms with Crippen molar-refractivity contribution in [1.82, 2.24) is 15.2 Å². The van der Waals surface area contributed by atoms with Gasteiger partial charge < -0.3 is 0 Å². The molecule has 64 valence electrons. The van der Waals surface area contributed by atoms with Gasteiger partial charge in [0.25, 0.3) is 0 Å². The van der Waals surface area contributed by atoms with E-state index < -0.39 is 6.08 Å². The van der Waals surface area contributed by atoms with Crippen LogP contribution >= 0.6 is 0 Å². The molecule has 0 spiro atoms. The lowest BCUT2D eigenvalue weighted by molar-refractivity contribution is 0.519. The number of halogens is 1. The monoisotopic (exact) mass is 175 g/mol. The van der Waals surface area contributed by atoms with Crippen molar-refractivity contribution in [3.63, 3.8) is 0 Å². The van der Waals surface area contributed by atoms with Crippen molar-refractivity contribution in [2.45, 2.75) is 0 Å². The van der Waals surface area contributed by atoms with Gasteiger partial charge in [0, 0.05) is 5.56 Å². The Kier molecular flexibility index (Phi) is 1.96. The third-order valence-electron chi connectivity index (χ3n) is 1.60. The molecule has 0 aliphatic heterocycles. The minimum absolute atomic E-state index is 0.571. The Bertz CT molecular complexity index is 385. The molecule has 0 aliphatic carbocycles. The first kappa shape index (κ1) is 7.79. The number of aromatic nitrogens is 3. The molecule has 0 N–H and O–H groups in total. The highest BCUT2D eigenvalue weighted by molar-refractivity contribution is 5.56. The summed E-state index contributed by atoms with van der Waals surface area (Å²) in [6.07, 6.45) is 0.553. The lowest BCUT2D eigenvalue weighted by atomic mass is 10.2. The second-order valence-electron chi connectivity index (χ2n) is 2.48. The van der Waals surface area contributed by atoms with E-state index >= 15 is 0 Å². The van der Waals surface area contributed by atoms with E-state index in [2.05, 4.69) is 15.2 Å². The summed E-state index contributed by atoms with van der Waals surface area (Å²) in [6.45, 7) is 0. The summed E-state index contributed by atoms with van der Waals surface area (Å²) < 4.78 is 12.3. The van der Waals surface area contributed by atoms with Gasteiger partial charge >= 0.3 is 6.08 Å². The molecule has 13 heavy (non-hydrogen) atoms. The Morgan fingerprint density at radius 2 is 1.77 bits per heavy atom. The van der Waals surface area contributed by atoms with Crippen LogP contribution in [0.25, 0.3) is 11.3 Å². The van der Waals surface area contributed by atoms with Crippen LogP contribution in [-0.4, -0.2) is 15.2 Å². The van der Waals surface area contributed by atoms with Crippen LogP contribution in [0, 0.1) is 6.08 Å². The van der Waals surface area contributed by atoms with E-state index in [0.717, 1.165) is 5.56 Å². The van der Waals surface area contributed by atoms with Crippen LogP contribution in [0.5, 0.6) is 0 Å². The van der Waals surface area contributed by atoms with Crippen molar-refractivity contribution < 1.29 is 4.39 Å². The van der Waals surface area contributed by atoms with Crippen LogP contribution in [0.4, 0.5) is 4.39 Å². The van der Waals surface area contributed by atoms with Crippen molar-refractivity contribution in [2.75, 3.05) is 0 Å². The predicted octanol–water partition coefficient (Wildman–Crippen LogP) is 1.68. The first-order valence-corrected chi connectivity index (χ1v) is 3.77. The van der Waals surface area contributed by atoms with Crippen LogP contribution in [0.3, 0.4) is 0 Å². The molecule has 1 aromatic carbocycles. The van der Waals surface area contributed by atoms with Crippen molar-refractivity contribution in [2.24, 2.45) is 0 Å². The van der Waals surface area contributed by atoms with Gasteiger partial charge in [-0.2, -0.15) is 4.39 Å². The molecule has 1 aromatic heterocycles. The molecule has 2 rings (SSSR count). The summed E-state index contributed by atoms with van der Waals surface area (Å²) in [7, 11) is 0. The van der Waals surface area contributed by atoms with E-state index in [-0.39, 0.29) is 0 Å². The Morgan fingerprint density at radius 3 is 2.38 bits per heavy atom. The summed E-state index contributed by atoms with van der Waals surface area (Å²) in [5, 5.41) is 6.89. The van der Waals surface area contributed by atoms with Gasteiger partial charge in [0.2, 0.25) is 0 Å². The third-order valence-corrected chi connectivity index (χ3v) is 1.60. The molecule has 0 atom stereocenters. The van der Waals surface area contributed by atoms with Gasteiger partial charge in [0.15, 0.2) is 0 Å². The minimum Gasteiger partial charge on any atom is -0.207 e. The van der Waals surface area contributed by atoms with Crippen LogP contribution in [0.2, 0.25) is 0 Å². The van der Waals surface area contributed by atoms with Gasteiger partial charge in [0.1, 0.15) is 5.69 Å². The summed E-state index contributed by atoms with van der Waals surface area (Å²) in [5.41, 5.74) is 1.45. The molecule has 1 heterocycles. The molecular weight excluding hydrogens is 169 g/mol. The highest BCUT2D eigenvalue weighted by Crippen LogP contribution is 2.13. The highest BCUT2D eigenvalue weighted by Gasteiger charge is 1.99. The van der Waals surface area contributed by atoms with E-state index in [1.807, 2.05) is 30.3 Å². The maximum Gasteiger partial charge on any atom is 0.327 e. The van der Waals surface area contributed by atoms with Crippen molar-refractivity contribution in [3.8, 4) is 11.3 Å². The Labute approximate surface area is 74.3 Å². The maximum absolute atomic E-state index is 12.3. The smallest absolute Gasteiger partial charge is 0.207 e. The van der Waals surface area contributed by atoms with Crippen LogP contribution in [-0.2, 0) is 0 Å². The number of hydrogen-bond donors (Lipinski definition) is 0. The summed E-state index contributed by atoms with van der Waals surface area (Å²) >= 11 is 0. The molecule has 3 nitrogen and oxygen atoms in total. The fourth-order valence-corrected chi connectivity index (χ4v) is 1.00. The standard InChI is InChI=1S/C9H6FN3/c10-9-11-6-8(12-13-9)7-4-2-1-3-5-7/h1-6H. The zero-order valence-corrected chi connectivity index (χ0v) is 6.68. The Balaban J connectivity index is 2.42. The molecule has 0 bridgehead atoms. The fraction of sp³-hybridized carbons (Fsp3) is 0. The SMILES string of the molecule is Fc1ncc(-c2ccccc2)nn1. The van der Waals surface area contributed by atoms with Crippen LogP contribution in [0.15, 0.2) is 36.5 Å². The van der Waals surface area contributed by atoms with E-state index in [0.29, 0.717) is 5.69 Å². The van der Waals surface area contributed by atoms with Gasteiger partial charge in [-0.05, 0) is 0 Å². The Hall–Kier alpha value is -1.84. The first-order chi connectivity index (χ1) is 6.36. The van der Waals surface area contributed by atoms with Gasteiger partial charge in [-0.25, -0.2) is 4.98 Å². The quantitative estimate of drug-likeness (QED) is 0.661. The average Bonchev–Trinajstić information content (AvgIpc) is 2.20. The maximum atomic E-state index is 12.3. The molecule has 0 aliphatic rings. The normalized spacial score (nSPS) is 9.92. The lowest BCUT2D eigenvalue weighted by Gasteiger charge is -1.96. The average molecular weight is 175 g/mol.